The molecule has 0 spiro atoms. The molecule has 0 radical (unpaired) electrons. The van der Waals surface area contributed by atoms with E-state index in [1.54, 1.807) is 42.5 Å². The predicted molar refractivity (Wildman–Crippen MR) is 119 cm³/mol. The van der Waals surface area contributed by atoms with Gasteiger partial charge in [-0.3, -0.25) is 4.79 Å². The number of nitrogens with one attached hydrogen (secondary N) is 1. The van der Waals surface area contributed by atoms with Gasteiger partial charge in [-0.15, -0.1) is 0 Å². The molecule has 0 saturated carbocycles. The molecule has 3 rings (SSSR count). The molecule has 0 amide bonds. The molecule has 2 aromatic carbocycles. The van der Waals surface area contributed by atoms with E-state index >= 15 is 0 Å². The van der Waals surface area contributed by atoms with E-state index < -0.39 is 5.97 Å². The Bertz CT molecular complexity index is 1050. The number of phenolic OH excluding ortho intramolecular Hbond substituents is 1. The molecule has 0 bridgehead atoms. The normalized spacial score (nSPS) is 10.6. The van der Waals surface area contributed by atoms with Crippen LogP contribution in [0.15, 0.2) is 48.5 Å². The van der Waals surface area contributed by atoms with Crippen molar-refractivity contribution in [1.82, 2.24) is 4.98 Å². The number of benzene rings is 2. The molecule has 3 N–H and O–H groups in total. The van der Waals surface area contributed by atoms with Crippen LogP contribution in [0.4, 0.5) is 5.82 Å². The Balaban J connectivity index is 2.05. The Hall–Kier alpha value is -2.96. The SMILES string of the molecule is COc1ccc(-c2cc(-c3c(Cl)cccc3Cl)cc(NCCCC(=O)O)n2)c(O)c1. The van der Waals surface area contributed by atoms with E-state index in [0.29, 0.717) is 57.0 Å². The van der Waals surface area contributed by atoms with Crippen LogP contribution in [0.25, 0.3) is 22.4 Å². The quantitative estimate of drug-likeness (QED) is 0.383. The average Bonchev–Trinajstić information content (AvgIpc) is 2.70. The summed E-state index contributed by atoms with van der Waals surface area (Å²) in [6.07, 6.45) is 0.492. The number of carbonyl (C=O) groups is 1. The molecule has 156 valence electrons. The molecule has 30 heavy (non-hydrogen) atoms. The van der Waals surface area contributed by atoms with Crippen molar-refractivity contribution in [3.63, 3.8) is 0 Å². The molecule has 0 fully saturated rings. The summed E-state index contributed by atoms with van der Waals surface area (Å²) in [5, 5.41) is 23.4. The summed E-state index contributed by atoms with van der Waals surface area (Å²) in [5.74, 6) is 0.193. The van der Waals surface area contributed by atoms with Crippen LogP contribution in [-0.4, -0.2) is 34.8 Å². The van der Waals surface area contributed by atoms with Gasteiger partial charge in [-0.05, 0) is 48.4 Å². The maximum atomic E-state index is 10.7. The molecular weight excluding hydrogens is 427 g/mol. The molecule has 1 aromatic heterocycles. The monoisotopic (exact) mass is 446 g/mol. The highest BCUT2D eigenvalue weighted by Crippen LogP contribution is 2.39. The van der Waals surface area contributed by atoms with Crippen LogP contribution in [0.3, 0.4) is 0 Å². The number of nitrogens with zero attached hydrogens (tertiary/aromatic N) is 1. The van der Waals surface area contributed by atoms with Crippen molar-refractivity contribution in [2.45, 2.75) is 12.8 Å². The Morgan fingerprint density at radius 1 is 1.13 bits per heavy atom. The molecular formula is C22H20Cl2N2O4. The molecule has 0 unspecified atom stereocenters. The number of pyridine rings is 1. The number of aliphatic carboxylic acids is 1. The summed E-state index contributed by atoms with van der Waals surface area (Å²) in [5.41, 5.74) is 2.37. The summed E-state index contributed by atoms with van der Waals surface area (Å²) >= 11 is 12.8. The molecule has 0 atom stereocenters. The standard InChI is InChI=1S/C22H20Cl2N2O4/c1-30-14-7-8-15(19(27)12-14)18-10-13(22-16(23)4-2-5-17(22)24)11-20(26-18)25-9-3-6-21(28)29/h2,4-5,7-8,10-12,27H,3,6,9H2,1H3,(H,25,26)(H,28,29). The van der Waals surface area contributed by atoms with Crippen LogP contribution in [0.1, 0.15) is 12.8 Å². The van der Waals surface area contributed by atoms with E-state index in [-0.39, 0.29) is 12.2 Å². The van der Waals surface area contributed by atoms with Gasteiger partial charge in [0.25, 0.3) is 0 Å². The van der Waals surface area contributed by atoms with Gasteiger partial charge in [0.05, 0.1) is 12.8 Å². The summed E-state index contributed by atoms with van der Waals surface area (Å²) in [4.78, 5) is 15.3. The number of phenols is 1. The van der Waals surface area contributed by atoms with Crippen molar-refractivity contribution in [1.29, 1.82) is 0 Å². The summed E-state index contributed by atoms with van der Waals surface area (Å²) < 4.78 is 5.14. The largest absolute Gasteiger partial charge is 0.507 e. The average molecular weight is 447 g/mol. The molecule has 6 nitrogen and oxygen atoms in total. The first kappa shape index (κ1) is 21.7. The number of methoxy groups -OCH3 is 1. The number of aromatic hydroxyl groups is 1. The second-order valence-electron chi connectivity index (χ2n) is 6.53. The van der Waals surface area contributed by atoms with Gasteiger partial charge in [0.1, 0.15) is 17.3 Å². The lowest BCUT2D eigenvalue weighted by atomic mass is 10.0. The van der Waals surface area contributed by atoms with Gasteiger partial charge in [0, 0.05) is 40.2 Å². The highest BCUT2D eigenvalue weighted by Gasteiger charge is 2.15. The highest BCUT2D eigenvalue weighted by molar-refractivity contribution is 6.39. The molecule has 0 aliphatic carbocycles. The highest BCUT2D eigenvalue weighted by atomic mass is 35.5. The van der Waals surface area contributed by atoms with E-state index in [4.69, 9.17) is 33.0 Å². The second kappa shape index (κ2) is 9.69. The molecule has 1 heterocycles. The molecule has 0 saturated heterocycles. The lowest BCUT2D eigenvalue weighted by molar-refractivity contribution is -0.137. The van der Waals surface area contributed by atoms with Crippen molar-refractivity contribution in [3.05, 3.63) is 58.6 Å². The van der Waals surface area contributed by atoms with Crippen LogP contribution < -0.4 is 10.1 Å². The Morgan fingerprint density at radius 2 is 1.87 bits per heavy atom. The predicted octanol–water partition coefficient (Wildman–Crippen LogP) is 5.71. The van der Waals surface area contributed by atoms with E-state index in [0.717, 1.165) is 0 Å². The number of carboxylic acids is 1. The Morgan fingerprint density at radius 3 is 2.50 bits per heavy atom. The lowest BCUT2D eigenvalue weighted by Crippen LogP contribution is -2.06. The number of halogens is 2. The van der Waals surface area contributed by atoms with E-state index in [1.165, 1.54) is 13.2 Å². The lowest BCUT2D eigenvalue weighted by Gasteiger charge is -2.14. The first-order chi connectivity index (χ1) is 14.4. The fourth-order valence-corrected chi connectivity index (χ4v) is 3.60. The topological polar surface area (TPSA) is 91.7 Å². The van der Waals surface area contributed by atoms with E-state index in [9.17, 15) is 9.90 Å². The van der Waals surface area contributed by atoms with Crippen molar-refractivity contribution in [3.8, 4) is 33.9 Å². The third kappa shape index (κ3) is 5.14. The van der Waals surface area contributed by atoms with Gasteiger partial charge >= 0.3 is 5.97 Å². The van der Waals surface area contributed by atoms with E-state index in [2.05, 4.69) is 10.3 Å². The van der Waals surface area contributed by atoms with Crippen LogP contribution >= 0.6 is 23.2 Å². The summed E-state index contributed by atoms with van der Waals surface area (Å²) in [6, 6.07) is 13.8. The molecule has 3 aromatic rings. The van der Waals surface area contributed by atoms with Crippen LogP contribution in [0.5, 0.6) is 11.5 Å². The number of anilines is 1. The van der Waals surface area contributed by atoms with Gasteiger partial charge in [0.2, 0.25) is 0 Å². The first-order valence-electron chi connectivity index (χ1n) is 9.18. The Kier molecular flexibility index (Phi) is 7.03. The molecule has 0 aliphatic rings. The van der Waals surface area contributed by atoms with Crippen molar-refractivity contribution < 1.29 is 19.7 Å². The van der Waals surface area contributed by atoms with Gasteiger partial charge in [-0.25, -0.2) is 4.98 Å². The summed E-state index contributed by atoms with van der Waals surface area (Å²) in [7, 11) is 1.52. The van der Waals surface area contributed by atoms with Crippen molar-refractivity contribution in [2.75, 3.05) is 19.0 Å². The van der Waals surface area contributed by atoms with Crippen LogP contribution in [0.2, 0.25) is 10.0 Å². The smallest absolute Gasteiger partial charge is 0.303 e. The van der Waals surface area contributed by atoms with E-state index in [1.807, 2.05) is 0 Å². The second-order valence-corrected chi connectivity index (χ2v) is 7.34. The minimum absolute atomic E-state index is 0.0149. The minimum atomic E-state index is -0.856. The number of hydrogen-bond donors (Lipinski definition) is 3. The zero-order valence-electron chi connectivity index (χ0n) is 16.2. The maximum absolute atomic E-state index is 10.7. The first-order valence-corrected chi connectivity index (χ1v) is 9.94. The zero-order valence-corrected chi connectivity index (χ0v) is 17.7. The Labute approximate surface area is 184 Å². The molecule has 8 heteroatoms. The number of ether oxygens (including phenoxy) is 1. The number of carboxylic acid groups (broad SMARTS) is 1. The van der Waals surface area contributed by atoms with Gasteiger partial charge in [0.15, 0.2) is 0 Å². The zero-order chi connectivity index (χ0) is 21.7. The fraction of sp³-hybridized carbons (Fsp3) is 0.182. The maximum Gasteiger partial charge on any atom is 0.303 e. The fourth-order valence-electron chi connectivity index (χ4n) is 2.99. The third-order valence-electron chi connectivity index (χ3n) is 4.43. The van der Waals surface area contributed by atoms with Crippen molar-refractivity contribution in [2.24, 2.45) is 0 Å². The summed E-state index contributed by atoms with van der Waals surface area (Å²) in [6.45, 7) is 0.424. The van der Waals surface area contributed by atoms with Gasteiger partial charge in [-0.1, -0.05) is 29.3 Å². The number of hydrogen-bond acceptors (Lipinski definition) is 5. The van der Waals surface area contributed by atoms with Gasteiger partial charge < -0.3 is 20.3 Å². The third-order valence-corrected chi connectivity index (χ3v) is 5.06. The number of aromatic nitrogens is 1. The van der Waals surface area contributed by atoms with Crippen molar-refractivity contribution >= 4 is 35.0 Å². The van der Waals surface area contributed by atoms with Crippen LogP contribution in [0, 0.1) is 0 Å². The van der Waals surface area contributed by atoms with Crippen LogP contribution in [-0.2, 0) is 4.79 Å². The molecule has 0 aliphatic heterocycles. The minimum Gasteiger partial charge on any atom is -0.507 e. The number of rotatable bonds is 8. The van der Waals surface area contributed by atoms with Gasteiger partial charge in [-0.2, -0.15) is 0 Å².